The molecule has 4 aliphatic heterocycles. The number of hydrogen-bond donors (Lipinski definition) is 6. The van der Waals surface area contributed by atoms with Gasteiger partial charge in [0.2, 0.25) is 6.29 Å². The third-order valence-electron chi connectivity index (χ3n) is 18.2. The molecule has 8 aliphatic rings. The van der Waals surface area contributed by atoms with Gasteiger partial charge in [-0.05, 0) is 121 Å². The molecule has 2 saturated carbocycles. The van der Waals surface area contributed by atoms with Crippen LogP contribution in [0.3, 0.4) is 0 Å². The lowest BCUT2D eigenvalue weighted by atomic mass is 9.69. The first kappa shape index (κ1) is 49.4. The number of carbonyl (C=O) groups excluding carboxylic acids is 2. The number of allylic oxidation sites excluding steroid dienone is 2. The van der Waals surface area contributed by atoms with E-state index in [1.165, 1.54) is 17.7 Å². The highest BCUT2D eigenvalue weighted by molar-refractivity contribution is 6.17. The maximum atomic E-state index is 15.4. The highest BCUT2D eigenvalue weighted by Crippen LogP contribution is 2.60. The van der Waals surface area contributed by atoms with Gasteiger partial charge < -0.3 is 64.0 Å². The number of fused-ring (bicyclic) bond motifs is 8. The predicted octanol–water partition coefficient (Wildman–Crippen LogP) is 7.80. The first-order chi connectivity index (χ1) is 37.0. The number of phenolic OH excluding ortho intramolecular Hbond substituents is 1. The molecule has 1 saturated heterocycles. The van der Waals surface area contributed by atoms with Gasteiger partial charge in [0.1, 0.15) is 41.7 Å². The lowest BCUT2D eigenvalue weighted by Gasteiger charge is -2.47. The highest BCUT2D eigenvalue weighted by Gasteiger charge is 2.59. The first-order valence-electron chi connectivity index (χ1n) is 27.2. The number of H-pyrrole nitrogens is 1. The number of rotatable bonds is 10. The maximum Gasteiger partial charge on any atom is 0.254 e. The summed E-state index contributed by atoms with van der Waals surface area (Å²) in [5.74, 6) is 2.58. The Labute approximate surface area is 441 Å². The summed E-state index contributed by atoms with van der Waals surface area (Å²) >= 11 is 0. The summed E-state index contributed by atoms with van der Waals surface area (Å²) in [6.45, 7) is 0.0507. The number of aromatic nitrogens is 1. The maximum absolute atomic E-state index is 15.4. The van der Waals surface area contributed by atoms with E-state index in [4.69, 9.17) is 28.4 Å². The number of hydrogen-bond acceptors (Lipinski definition) is 13. The number of carbonyl (C=O) groups is 2. The molecular weight excluding hydrogens is 967 g/mol. The smallest absolute Gasteiger partial charge is 0.254 e. The Morgan fingerprint density at radius 2 is 1.88 bits per heavy atom. The molecule has 5 heterocycles. The molecule has 6 N–H and O–H groups in total. The van der Waals surface area contributed by atoms with Crippen molar-refractivity contribution in [2.75, 3.05) is 40.6 Å². The van der Waals surface area contributed by atoms with E-state index >= 15 is 4.79 Å². The minimum absolute atomic E-state index is 0.0162. The van der Waals surface area contributed by atoms with Gasteiger partial charge in [-0.2, -0.15) is 0 Å². The minimum Gasteiger partial charge on any atom is -0.506 e. The van der Waals surface area contributed by atoms with Gasteiger partial charge in [-0.25, -0.2) is 0 Å². The molecule has 8 bridgehead atoms. The van der Waals surface area contributed by atoms with Gasteiger partial charge in [-0.1, -0.05) is 55.5 Å². The van der Waals surface area contributed by atoms with E-state index in [0.29, 0.717) is 41.6 Å². The Morgan fingerprint density at radius 3 is 2.71 bits per heavy atom. The van der Waals surface area contributed by atoms with Crippen molar-refractivity contribution >= 4 is 45.0 Å². The van der Waals surface area contributed by atoms with E-state index in [2.05, 4.69) is 46.6 Å². The van der Waals surface area contributed by atoms with Crippen LogP contribution < -0.4 is 14.8 Å². The fourth-order valence-corrected chi connectivity index (χ4v) is 14.4. The Balaban J connectivity index is 1.01. The molecule has 3 fully saturated rings. The average Bonchev–Trinajstić information content (AvgIpc) is 4.34. The SMILES string of the molecule is COCCCC1(NCc2ccc3[nH]cc(C4C=Cc5c(OC)c6c7c8c(c9c(O)c7c5OC5OC(CO4)C(O)C(OC#CCc4cccc7c4CN(CC9=O)C7=O)C5(O)CO)C4CCCC4C=C8CC6)c3c2)CCCC1. The van der Waals surface area contributed by atoms with Crippen molar-refractivity contribution in [1.82, 2.24) is 15.2 Å². The second-order valence-electron chi connectivity index (χ2n) is 22.4. The molecule has 4 aliphatic carbocycles. The molecule has 0 radical (unpaired) electrons. The van der Waals surface area contributed by atoms with Crippen LogP contribution in [0.4, 0.5) is 0 Å². The largest absolute Gasteiger partial charge is 0.506 e. The molecule has 8 atom stereocenters. The molecule has 15 nitrogen and oxygen atoms in total. The van der Waals surface area contributed by atoms with Gasteiger partial charge in [-0.3, -0.25) is 9.59 Å². The van der Waals surface area contributed by atoms with Gasteiger partial charge in [-0.15, -0.1) is 0 Å². The number of nitrogens with zero attached hydrogens (tertiary/aromatic N) is 1. The number of phenols is 1. The fraction of sp³-hybridized carbons (Fsp3) is 0.475. The third-order valence-corrected chi connectivity index (χ3v) is 18.2. The number of benzene rings is 4. The van der Waals surface area contributed by atoms with E-state index in [9.17, 15) is 25.2 Å². The Morgan fingerprint density at radius 1 is 1.01 bits per heavy atom. The number of aryl methyl sites for hydroxylation is 1. The van der Waals surface area contributed by atoms with Gasteiger partial charge in [0.15, 0.2) is 17.5 Å². The summed E-state index contributed by atoms with van der Waals surface area (Å²) in [4.78, 5) is 34.7. The van der Waals surface area contributed by atoms with Crippen LogP contribution >= 0.6 is 0 Å². The summed E-state index contributed by atoms with van der Waals surface area (Å²) in [6.07, 6.45) is 14.4. The third kappa shape index (κ3) is 7.89. The zero-order valence-electron chi connectivity index (χ0n) is 43.0. The van der Waals surface area contributed by atoms with Crippen LogP contribution in [-0.4, -0.2) is 118 Å². The first-order valence-corrected chi connectivity index (χ1v) is 27.2. The number of aliphatic hydroxyl groups is 3. The topological polar surface area (TPSA) is 202 Å². The fourth-order valence-electron chi connectivity index (χ4n) is 14.4. The summed E-state index contributed by atoms with van der Waals surface area (Å²) in [7, 11) is 3.34. The van der Waals surface area contributed by atoms with Crippen LogP contribution in [0.25, 0.3) is 33.3 Å². The van der Waals surface area contributed by atoms with Crippen molar-refractivity contribution in [2.45, 2.75) is 138 Å². The molecular formula is C61H65N3O12. The molecule has 1 amide bonds. The van der Waals surface area contributed by atoms with Crippen molar-refractivity contribution < 1.29 is 58.4 Å². The molecule has 5 aromatic rings. The number of aliphatic hydroxyl groups excluding tert-OH is 2. The quantitative estimate of drug-likeness (QED) is 0.0585. The van der Waals surface area contributed by atoms with Gasteiger partial charge >= 0.3 is 0 Å². The normalized spacial score (nSPS) is 28.0. The molecule has 76 heavy (non-hydrogen) atoms. The van der Waals surface area contributed by atoms with Crippen molar-refractivity contribution in [3.05, 3.63) is 110 Å². The van der Waals surface area contributed by atoms with Gasteiger partial charge in [0.05, 0.1) is 43.4 Å². The molecule has 1 aromatic heterocycles. The van der Waals surface area contributed by atoms with Crippen LogP contribution in [-0.2, 0) is 44.9 Å². The molecule has 396 valence electrons. The van der Waals surface area contributed by atoms with Crippen molar-refractivity contribution in [2.24, 2.45) is 5.92 Å². The van der Waals surface area contributed by atoms with Crippen molar-refractivity contribution in [3.8, 4) is 29.3 Å². The Kier molecular flexibility index (Phi) is 12.6. The summed E-state index contributed by atoms with van der Waals surface area (Å²) < 4.78 is 38.6. The van der Waals surface area contributed by atoms with Crippen molar-refractivity contribution in [1.29, 1.82) is 0 Å². The summed E-state index contributed by atoms with van der Waals surface area (Å²) in [5.41, 5.74) is 6.37. The van der Waals surface area contributed by atoms with E-state index in [1.807, 2.05) is 24.4 Å². The Hall–Kier alpha value is -6.22. The number of ether oxygens (including phenoxy) is 6. The van der Waals surface area contributed by atoms with Crippen LogP contribution in [0.5, 0.6) is 17.2 Å². The molecule has 8 unspecified atom stereocenters. The average molecular weight is 1030 g/mol. The number of methoxy groups -OCH3 is 2. The van der Waals surface area contributed by atoms with Crippen LogP contribution in [0.15, 0.2) is 54.7 Å². The van der Waals surface area contributed by atoms with Crippen LogP contribution in [0.1, 0.15) is 141 Å². The Bertz CT molecular complexity index is 3320. The highest BCUT2D eigenvalue weighted by atomic mass is 16.7. The molecule has 0 spiro atoms. The number of Topliss-reactive ketones (excluding diaryl/α,β-unsaturated/α-hetero) is 1. The molecule has 13 rings (SSSR count). The molecule has 4 aromatic carbocycles. The van der Waals surface area contributed by atoms with Crippen molar-refractivity contribution in [3.63, 3.8) is 0 Å². The summed E-state index contributed by atoms with van der Waals surface area (Å²) in [6, 6.07) is 11.8. The standard InChI is InChI=1S/C61H65N3O12/c1-71-23-8-22-60(20-3-4-21-60)63-27-33-14-18-44-41(25-33)42(28-62-44)46-19-17-40-55(72-2)39-16-15-36-26-35-10-6-12-37(35)49-48(36)50(39)52-54(68)51(49)45(66)30-64-29-43-34(9-5-13-38(43)58(64)69)11-7-24-73-57-53(67)47(31-74-46)75-59(76-56(40)52)61(57,70)32-65/h5,9,13-14,17-19,25-26,28,35,37,46-47,53,57,59,62-63,65,67-68,70H,3-4,6,8,10-12,15-16,20-23,27,29-32H2,1-2H3. The zero-order chi connectivity index (χ0) is 52.0. The van der Waals surface area contributed by atoms with E-state index in [0.717, 1.165) is 107 Å². The predicted molar refractivity (Wildman–Crippen MR) is 283 cm³/mol. The second-order valence-corrected chi connectivity index (χ2v) is 22.4. The number of nitrogens with one attached hydrogen (secondary N) is 2. The van der Waals surface area contributed by atoms with E-state index < -0.39 is 48.7 Å². The van der Waals surface area contributed by atoms with E-state index in [1.54, 1.807) is 26.4 Å². The number of aromatic amines is 1. The molecule has 15 heteroatoms. The number of ketones is 1. The summed E-state index contributed by atoms with van der Waals surface area (Å²) in [5, 5.41) is 55.5. The second kappa shape index (κ2) is 19.4. The lowest BCUT2D eigenvalue weighted by molar-refractivity contribution is -0.328. The zero-order valence-corrected chi connectivity index (χ0v) is 43.0. The minimum atomic E-state index is -2.46. The van der Waals surface area contributed by atoms with Crippen LogP contribution in [0, 0.1) is 17.9 Å². The van der Waals surface area contributed by atoms with Gasteiger partial charge in [0.25, 0.3) is 5.91 Å². The van der Waals surface area contributed by atoms with Crippen LogP contribution in [0.2, 0.25) is 0 Å². The lowest BCUT2D eigenvalue weighted by Crippen LogP contribution is -2.70. The number of aromatic hydroxyl groups is 1. The number of amides is 1. The monoisotopic (exact) mass is 1030 g/mol. The van der Waals surface area contributed by atoms with E-state index in [-0.39, 0.29) is 71.8 Å². The van der Waals surface area contributed by atoms with Gasteiger partial charge in [0, 0.05) is 77.9 Å².